The van der Waals surface area contributed by atoms with E-state index < -0.39 is 0 Å². The lowest BCUT2D eigenvalue weighted by molar-refractivity contribution is -0.124. The van der Waals surface area contributed by atoms with E-state index in [9.17, 15) is 4.79 Å². The Bertz CT molecular complexity index is 476. The zero-order chi connectivity index (χ0) is 13.1. The van der Waals surface area contributed by atoms with E-state index in [1.54, 1.807) is 0 Å². The molecule has 5 heteroatoms. The van der Waals surface area contributed by atoms with Gasteiger partial charge >= 0.3 is 0 Å². The number of amides is 1. The number of fused-ring (bicyclic) bond motifs is 1. The fraction of sp³-hybridized carbons (Fsp3) is 0.500. The number of benzene rings is 1. The first-order valence-corrected chi connectivity index (χ1v) is 6.72. The zero-order valence-electron chi connectivity index (χ0n) is 10.8. The van der Waals surface area contributed by atoms with Crippen LogP contribution in [0.15, 0.2) is 18.2 Å². The number of piperidine rings is 1. The SMILES string of the molecule is O=C1NCCCC1NCc1ccc2c(c1)OCCO2. The summed E-state index contributed by atoms with van der Waals surface area (Å²) in [5.41, 5.74) is 1.10. The maximum atomic E-state index is 11.6. The molecule has 1 unspecified atom stereocenters. The van der Waals surface area contributed by atoms with Gasteiger partial charge in [-0.25, -0.2) is 0 Å². The Morgan fingerprint density at radius 1 is 1.26 bits per heavy atom. The number of hydrogen-bond acceptors (Lipinski definition) is 4. The molecule has 102 valence electrons. The van der Waals surface area contributed by atoms with E-state index in [1.165, 1.54) is 0 Å². The van der Waals surface area contributed by atoms with Gasteiger partial charge in [-0.2, -0.15) is 0 Å². The third-order valence-corrected chi connectivity index (χ3v) is 3.44. The fourth-order valence-electron chi connectivity index (χ4n) is 2.41. The van der Waals surface area contributed by atoms with Crippen LogP contribution in [0.2, 0.25) is 0 Å². The summed E-state index contributed by atoms with van der Waals surface area (Å²) < 4.78 is 11.0. The van der Waals surface area contributed by atoms with Crippen LogP contribution in [0.1, 0.15) is 18.4 Å². The van der Waals surface area contributed by atoms with Gasteiger partial charge in [0.05, 0.1) is 6.04 Å². The Hall–Kier alpha value is -1.75. The smallest absolute Gasteiger partial charge is 0.237 e. The number of ether oxygens (including phenoxy) is 2. The number of carbonyl (C=O) groups excluding carboxylic acids is 1. The van der Waals surface area contributed by atoms with Gasteiger partial charge in [0.25, 0.3) is 0 Å². The summed E-state index contributed by atoms with van der Waals surface area (Å²) in [6.45, 7) is 2.65. The van der Waals surface area contributed by atoms with Gasteiger partial charge in [-0.1, -0.05) is 6.07 Å². The minimum absolute atomic E-state index is 0.0815. The van der Waals surface area contributed by atoms with E-state index in [1.807, 2.05) is 18.2 Å². The van der Waals surface area contributed by atoms with Crippen LogP contribution in [0.4, 0.5) is 0 Å². The van der Waals surface area contributed by atoms with Crippen molar-refractivity contribution in [3.63, 3.8) is 0 Å². The summed E-state index contributed by atoms with van der Waals surface area (Å²) in [5, 5.41) is 6.16. The van der Waals surface area contributed by atoms with E-state index in [-0.39, 0.29) is 11.9 Å². The first kappa shape index (κ1) is 12.3. The topological polar surface area (TPSA) is 59.6 Å². The molecule has 1 saturated heterocycles. The van der Waals surface area contributed by atoms with Crippen LogP contribution in [-0.4, -0.2) is 31.7 Å². The van der Waals surface area contributed by atoms with Crippen LogP contribution in [0.3, 0.4) is 0 Å². The molecule has 2 aliphatic rings. The summed E-state index contributed by atoms with van der Waals surface area (Å²) in [7, 11) is 0. The summed E-state index contributed by atoms with van der Waals surface area (Å²) in [6.07, 6.45) is 1.93. The van der Waals surface area contributed by atoms with Gasteiger partial charge in [-0.3, -0.25) is 4.79 Å². The molecule has 2 heterocycles. The molecule has 1 fully saturated rings. The summed E-state index contributed by atoms with van der Waals surface area (Å²) in [5.74, 6) is 1.69. The standard InChI is InChI=1S/C14H18N2O3/c17-14-11(2-1-5-15-14)16-9-10-3-4-12-13(8-10)19-7-6-18-12/h3-4,8,11,16H,1-2,5-7,9H2,(H,15,17). The molecule has 1 atom stereocenters. The molecule has 0 saturated carbocycles. The first-order valence-electron chi connectivity index (χ1n) is 6.72. The van der Waals surface area contributed by atoms with Crippen LogP contribution in [-0.2, 0) is 11.3 Å². The second-order valence-electron chi connectivity index (χ2n) is 4.84. The van der Waals surface area contributed by atoms with E-state index in [0.717, 1.165) is 36.4 Å². The largest absolute Gasteiger partial charge is 0.486 e. The highest BCUT2D eigenvalue weighted by molar-refractivity contribution is 5.82. The number of nitrogens with one attached hydrogen (secondary N) is 2. The Balaban J connectivity index is 1.62. The van der Waals surface area contributed by atoms with Crippen molar-refractivity contribution in [2.45, 2.75) is 25.4 Å². The molecule has 1 aromatic carbocycles. The van der Waals surface area contributed by atoms with E-state index in [2.05, 4.69) is 10.6 Å². The monoisotopic (exact) mass is 262 g/mol. The van der Waals surface area contributed by atoms with Crippen molar-refractivity contribution in [3.05, 3.63) is 23.8 Å². The third-order valence-electron chi connectivity index (χ3n) is 3.44. The summed E-state index contributed by atoms with van der Waals surface area (Å²) >= 11 is 0. The second kappa shape index (κ2) is 5.48. The molecule has 5 nitrogen and oxygen atoms in total. The van der Waals surface area contributed by atoms with Crippen molar-refractivity contribution in [1.29, 1.82) is 0 Å². The molecule has 1 aromatic rings. The lowest BCUT2D eigenvalue weighted by Gasteiger charge is -2.23. The van der Waals surface area contributed by atoms with Crippen LogP contribution in [0.5, 0.6) is 11.5 Å². The second-order valence-corrected chi connectivity index (χ2v) is 4.84. The van der Waals surface area contributed by atoms with Crippen LogP contribution >= 0.6 is 0 Å². The molecule has 2 aliphatic heterocycles. The van der Waals surface area contributed by atoms with Gasteiger partial charge in [0.1, 0.15) is 13.2 Å². The van der Waals surface area contributed by atoms with Crippen molar-refractivity contribution in [2.75, 3.05) is 19.8 Å². The lowest BCUT2D eigenvalue weighted by atomic mass is 10.1. The van der Waals surface area contributed by atoms with E-state index in [0.29, 0.717) is 19.8 Å². The van der Waals surface area contributed by atoms with Crippen LogP contribution in [0, 0.1) is 0 Å². The van der Waals surface area contributed by atoms with Gasteiger partial charge < -0.3 is 20.1 Å². The highest BCUT2D eigenvalue weighted by atomic mass is 16.6. The van der Waals surface area contributed by atoms with E-state index >= 15 is 0 Å². The normalized spacial score (nSPS) is 21.9. The van der Waals surface area contributed by atoms with Crippen molar-refractivity contribution in [2.24, 2.45) is 0 Å². The number of carbonyl (C=O) groups is 1. The Morgan fingerprint density at radius 2 is 2.11 bits per heavy atom. The molecule has 0 aliphatic carbocycles. The molecule has 3 rings (SSSR count). The maximum Gasteiger partial charge on any atom is 0.237 e. The van der Waals surface area contributed by atoms with Crippen molar-refractivity contribution in [1.82, 2.24) is 10.6 Å². The molecule has 19 heavy (non-hydrogen) atoms. The first-order chi connectivity index (χ1) is 9.33. The lowest BCUT2D eigenvalue weighted by Crippen LogP contribution is -2.47. The van der Waals surface area contributed by atoms with Gasteiger partial charge in [-0.15, -0.1) is 0 Å². The third kappa shape index (κ3) is 2.81. The van der Waals surface area contributed by atoms with Gasteiger partial charge in [0, 0.05) is 13.1 Å². The molecule has 0 bridgehead atoms. The predicted molar refractivity (Wildman–Crippen MR) is 70.3 cm³/mol. The van der Waals surface area contributed by atoms with Crippen LogP contribution < -0.4 is 20.1 Å². The number of rotatable bonds is 3. The highest BCUT2D eigenvalue weighted by Crippen LogP contribution is 2.30. The average Bonchev–Trinajstić information content (AvgIpc) is 2.46. The average molecular weight is 262 g/mol. The Morgan fingerprint density at radius 3 is 2.95 bits per heavy atom. The van der Waals surface area contributed by atoms with Gasteiger partial charge in [0.2, 0.25) is 5.91 Å². The zero-order valence-corrected chi connectivity index (χ0v) is 10.8. The Kier molecular flexibility index (Phi) is 3.55. The molecule has 1 amide bonds. The molecule has 0 radical (unpaired) electrons. The van der Waals surface area contributed by atoms with E-state index in [4.69, 9.17) is 9.47 Å². The summed E-state index contributed by atoms with van der Waals surface area (Å²) in [4.78, 5) is 11.6. The fourth-order valence-corrected chi connectivity index (χ4v) is 2.41. The number of hydrogen-bond donors (Lipinski definition) is 2. The van der Waals surface area contributed by atoms with Crippen LogP contribution in [0.25, 0.3) is 0 Å². The molecule has 0 spiro atoms. The minimum atomic E-state index is -0.0815. The molecule has 2 N–H and O–H groups in total. The molecule has 0 aromatic heterocycles. The maximum absolute atomic E-state index is 11.6. The van der Waals surface area contributed by atoms with Crippen molar-refractivity contribution >= 4 is 5.91 Å². The summed E-state index contributed by atoms with van der Waals surface area (Å²) in [6, 6.07) is 5.82. The van der Waals surface area contributed by atoms with Crippen molar-refractivity contribution in [3.8, 4) is 11.5 Å². The molecular formula is C14H18N2O3. The highest BCUT2D eigenvalue weighted by Gasteiger charge is 2.21. The quantitative estimate of drug-likeness (QED) is 0.847. The Labute approximate surface area is 112 Å². The van der Waals surface area contributed by atoms with Gasteiger partial charge in [-0.05, 0) is 30.5 Å². The van der Waals surface area contributed by atoms with Crippen molar-refractivity contribution < 1.29 is 14.3 Å². The van der Waals surface area contributed by atoms with Gasteiger partial charge in [0.15, 0.2) is 11.5 Å². The minimum Gasteiger partial charge on any atom is -0.486 e. The predicted octanol–water partition coefficient (Wildman–Crippen LogP) is 0.826. The molecular weight excluding hydrogens is 244 g/mol.